The molecule has 0 amide bonds. The molecule has 19 heavy (non-hydrogen) atoms. The van der Waals surface area contributed by atoms with Crippen molar-refractivity contribution in [2.24, 2.45) is 0 Å². The normalized spacial score (nSPS) is 10.5. The molecule has 92 valence electrons. The molecular formula is C15H10FN3. The van der Waals surface area contributed by atoms with Gasteiger partial charge in [-0.25, -0.2) is 4.39 Å². The molecule has 0 bridgehead atoms. The first kappa shape index (κ1) is 12.7. The lowest BCUT2D eigenvalue weighted by Crippen LogP contribution is -2.26. The summed E-state index contributed by atoms with van der Waals surface area (Å²) in [5, 5.41) is 18.7. The van der Waals surface area contributed by atoms with Crippen molar-refractivity contribution < 1.29 is 4.39 Å². The fourth-order valence-electron chi connectivity index (χ4n) is 1.83. The molecule has 3 nitrogen and oxygen atoms in total. The number of hydrogen-bond acceptors (Lipinski definition) is 3. The summed E-state index contributed by atoms with van der Waals surface area (Å²) in [6.45, 7) is 0. The van der Waals surface area contributed by atoms with Crippen LogP contribution in [0.4, 0.5) is 4.39 Å². The van der Waals surface area contributed by atoms with Gasteiger partial charge in [0.15, 0.2) is 5.41 Å². The lowest BCUT2D eigenvalue weighted by Gasteiger charge is -2.17. The maximum atomic E-state index is 12.9. The number of hydrogen-bond donors (Lipinski definition) is 0. The number of benzene rings is 1. The Morgan fingerprint density at radius 1 is 1.05 bits per heavy atom. The van der Waals surface area contributed by atoms with E-state index in [4.69, 9.17) is 0 Å². The minimum Gasteiger partial charge on any atom is -0.258 e. The van der Waals surface area contributed by atoms with E-state index < -0.39 is 5.41 Å². The van der Waals surface area contributed by atoms with Crippen LogP contribution in [-0.2, 0) is 11.8 Å². The number of aromatic nitrogens is 1. The first-order chi connectivity index (χ1) is 9.20. The van der Waals surface area contributed by atoms with E-state index in [1.807, 2.05) is 12.1 Å². The number of nitrogens with zero attached hydrogens (tertiary/aromatic N) is 3. The number of rotatable bonds is 3. The molecule has 0 aliphatic heterocycles. The molecule has 0 radical (unpaired) electrons. The molecule has 0 spiro atoms. The van der Waals surface area contributed by atoms with Gasteiger partial charge in [0.2, 0.25) is 0 Å². The van der Waals surface area contributed by atoms with Crippen molar-refractivity contribution in [3.8, 4) is 12.1 Å². The fraction of sp³-hybridized carbons (Fsp3) is 0.133. The van der Waals surface area contributed by atoms with Crippen LogP contribution in [0.1, 0.15) is 11.3 Å². The Labute approximate surface area is 110 Å². The van der Waals surface area contributed by atoms with Crippen molar-refractivity contribution >= 4 is 0 Å². The highest BCUT2D eigenvalue weighted by atomic mass is 19.1. The topological polar surface area (TPSA) is 60.5 Å². The van der Waals surface area contributed by atoms with Crippen molar-refractivity contribution in [3.63, 3.8) is 0 Å². The van der Waals surface area contributed by atoms with Gasteiger partial charge in [-0.3, -0.25) is 4.98 Å². The Bertz CT molecular complexity index is 622. The average Bonchev–Trinajstić information content (AvgIpc) is 2.48. The second kappa shape index (κ2) is 5.29. The third kappa shape index (κ3) is 2.59. The number of nitriles is 2. The largest absolute Gasteiger partial charge is 0.258 e. The lowest BCUT2D eigenvalue weighted by atomic mass is 9.81. The lowest BCUT2D eigenvalue weighted by molar-refractivity contribution is 0.623. The number of halogens is 1. The van der Waals surface area contributed by atoms with Crippen molar-refractivity contribution in [1.29, 1.82) is 10.5 Å². The Kier molecular flexibility index (Phi) is 3.54. The SMILES string of the molecule is N#CC(C#N)(Cc1ccc(F)cc1)c1ccccn1. The Morgan fingerprint density at radius 3 is 2.26 bits per heavy atom. The maximum Gasteiger partial charge on any atom is 0.189 e. The summed E-state index contributed by atoms with van der Waals surface area (Å²) in [5.41, 5.74) is -0.224. The Morgan fingerprint density at radius 2 is 1.74 bits per heavy atom. The zero-order valence-corrected chi connectivity index (χ0v) is 10.0. The highest BCUT2D eigenvalue weighted by Gasteiger charge is 2.34. The van der Waals surface area contributed by atoms with E-state index in [0.29, 0.717) is 5.69 Å². The standard InChI is InChI=1S/C15H10FN3/c16-13-6-4-12(5-7-13)9-15(10-17,11-18)14-3-1-2-8-19-14/h1-8H,9H2. The van der Waals surface area contributed by atoms with E-state index in [1.54, 1.807) is 36.5 Å². The molecule has 4 heteroatoms. The molecule has 1 heterocycles. The van der Waals surface area contributed by atoms with E-state index in [1.165, 1.54) is 12.1 Å². The first-order valence-corrected chi connectivity index (χ1v) is 5.69. The monoisotopic (exact) mass is 251 g/mol. The second-order valence-electron chi connectivity index (χ2n) is 4.15. The third-order valence-corrected chi connectivity index (χ3v) is 2.87. The van der Waals surface area contributed by atoms with Gasteiger partial charge in [-0.15, -0.1) is 0 Å². The molecule has 1 aromatic heterocycles. The highest BCUT2D eigenvalue weighted by Crippen LogP contribution is 2.25. The van der Waals surface area contributed by atoms with Crippen molar-refractivity contribution in [1.82, 2.24) is 4.98 Å². The third-order valence-electron chi connectivity index (χ3n) is 2.87. The summed E-state index contributed by atoms with van der Waals surface area (Å²) in [6.07, 6.45) is 1.72. The quantitative estimate of drug-likeness (QED) is 0.842. The van der Waals surface area contributed by atoms with Crippen LogP contribution in [0.25, 0.3) is 0 Å². The van der Waals surface area contributed by atoms with Gasteiger partial charge in [-0.2, -0.15) is 10.5 Å². The molecule has 0 fully saturated rings. The zero-order valence-electron chi connectivity index (χ0n) is 10.0. The molecule has 0 aliphatic carbocycles. The minimum absolute atomic E-state index is 0.178. The summed E-state index contributed by atoms with van der Waals surface area (Å²) >= 11 is 0. The van der Waals surface area contributed by atoms with Crippen molar-refractivity contribution in [3.05, 3.63) is 65.7 Å². The van der Waals surface area contributed by atoms with E-state index in [9.17, 15) is 14.9 Å². The smallest absolute Gasteiger partial charge is 0.189 e. The zero-order chi connectivity index (χ0) is 13.7. The van der Waals surface area contributed by atoms with Crippen LogP contribution in [0.15, 0.2) is 48.7 Å². The summed E-state index contributed by atoms with van der Waals surface area (Å²) in [4.78, 5) is 4.09. The summed E-state index contributed by atoms with van der Waals surface area (Å²) < 4.78 is 12.9. The molecule has 2 aromatic rings. The van der Waals surface area contributed by atoms with Gasteiger partial charge in [-0.1, -0.05) is 18.2 Å². The molecule has 0 aliphatic rings. The molecular weight excluding hydrogens is 241 g/mol. The molecule has 0 unspecified atom stereocenters. The minimum atomic E-state index is -1.35. The van der Waals surface area contributed by atoms with E-state index in [2.05, 4.69) is 4.98 Å². The van der Waals surface area contributed by atoms with Crippen LogP contribution in [0.3, 0.4) is 0 Å². The molecule has 1 aromatic carbocycles. The van der Waals surface area contributed by atoms with Crippen LogP contribution >= 0.6 is 0 Å². The summed E-state index contributed by atoms with van der Waals surface area (Å²) in [7, 11) is 0. The van der Waals surface area contributed by atoms with Crippen LogP contribution in [0, 0.1) is 28.5 Å². The van der Waals surface area contributed by atoms with Gasteiger partial charge in [-0.05, 0) is 29.8 Å². The molecule has 0 saturated heterocycles. The van der Waals surface area contributed by atoms with Gasteiger partial charge in [0.1, 0.15) is 5.82 Å². The predicted molar refractivity (Wildman–Crippen MR) is 67.2 cm³/mol. The van der Waals surface area contributed by atoms with Crippen molar-refractivity contribution in [2.45, 2.75) is 11.8 Å². The van der Waals surface area contributed by atoms with Gasteiger partial charge < -0.3 is 0 Å². The average molecular weight is 251 g/mol. The van der Waals surface area contributed by atoms with Gasteiger partial charge in [0, 0.05) is 12.6 Å². The van der Waals surface area contributed by atoms with E-state index in [0.717, 1.165) is 5.56 Å². The first-order valence-electron chi connectivity index (χ1n) is 5.69. The van der Waals surface area contributed by atoms with Crippen LogP contribution < -0.4 is 0 Å². The summed E-state index contributed by atoms with van der Waals surface area (Å²) in [5.74, 6) is -0.346. The molecule has 0 N–H and O–H groups in total. The van der Waals surface area contributed by atoms with Crippen LogP contribution in [-0.4, -0.2) is 4.98 Å². The van der Waals surface area contributed by atoms with Gasteiger partial charge >= 0.3 is 0 Å². The summed E-state index contributed by atoms with van der Waals surface area (Å²) in [6, 6.07) is 14.9. The Balaban J connectivity index is 2.40. The second-order valence-corrected chi connectivity index (χ2v) is 4.15. The molecule has 0 atom stereocenters. The molecule has 0 saturated carbocycles. The van der Waals surface area contributed by atoms with E-state index in [-0.39, 0.29) is 12.2 Å². The number of pyridine rings is 1. The Hall–Kier alpha value is -2.72. The van der Waals surface area contributed by atoms with Gasteiger partial charge in [0.05, 0.1) is 17.8 Å². The van der Waals surface area contributed by atoms with E-state index >= 15 is 0 Å². The fourth-order valence-corrected chi connectivity index (χ4v) is 1.83. The predicted octanol–water partition coefficient (Wildman–Crippen LogP) is 2.75. The highest BCUT2D eigenvalue weighted by molar-refractivity contribution is 5.39. The van der Waals surface area contributed by atoms with Gasteiger partial charge in [0.25, 0.3) is 0 Å². The maximum absolute atomic E-state index is 12.9. The molecule has 2 rings (SSSR count). The van der Waals surface area contributed by atoms with Crippen molar-refractivity contribution in [2.75, 3.05) is 0 Å². The van der Waals surface area contributed by atoms with Crippen LogP contribution in [0.2, 0.25) is 0 Å². The van der Waals surface area contributed by atoms with Crippen LogP contribution in [0.5, 0.6) is 0 Å².